The Morgan fingerprint density at radius 2 is 1.71 bits per heavy atom. The number of ketones is 1. The fourth-order valence-electron chi connectivity index (χ4n) is 2.36. The van der Waals surface area contributed by atoms with Crippen molar-refractivity contribution in [3.05, 3.63) is 76.6 Å². The number of nitrogens with two attached hydrogens (primary N) is 1. The van der Waals surface area contributed by atoms with Crippen LogP contribution in [-0.4, -0.2) is 5.78 Å². The van der Waals surface area contributed by atoms with Crippen LogP contribution in [0.3, 0.4) is 0 Å². The number of fused-ring (bicyclic) bond motifs is 1. The summed E-state index contributed by atoms with van der Waals surface area (Å²) in [7, 11) is 0. The summed E-state index contributed by atoms with van der Waals surface area (Å²) in [5.41, 5.74) is 6.94. The standard InChI is InChI=1S/C17H11ClFNO/c18-11-7-10(8-12(20)9-11)17(21)15-5-6-16(19)14-4-2-1-3-13(14)15/h1-9H,20H2. The molecule has 0 fully saturated rings. The van der Waals surface area contributed by atoms with Crippen molar-refractivity contribution in [2.75, 3.05) is 5.73 Å². The molecule has 0 saturated heterocycles. The van der Waals surface area contributed by atoms with Gasteiger partial charge in [-0.1, -0.05) is 35.9 Å². The number of nitrogen functional groups attached to an aromatic ring is 1. The Morgan fingerprint density at radius 1 is 1.00 bits per heavy atom. The van der Waals surface area contributed by atoms with Gasteiger partial charge in [0.2, 0.25) is 0 Å². The van der Waals surface area contributed by atoms with Crippen molar-refractivity contribution in [3.63, 3.8) is 0 Å². The maximum atomic E-state index is 13.8. The second-order valence-electron chi connectivity index (χ2n) is 4.74. The number of carbonyl (C=O) groups excluding carboxylic acids is 1. The predicted molar refractivity (Wildman–Crippen MR) is 83.2 cm³/mol. The van der Waals surface area contributed by atoms with Crippen molar-refractivity contribution < 1.29 is 9.18 Å². The summed E-state index contributed by atoms with van der Waals surface area (Å²) in [5.74, 6) is -0.590. The fourth-order valence-corrected chi connectivity index (χ4v) is 2.60. The lowest BCUT2D eigenvalue weighted by molar-refractivity contribution is 0.104. The molecule has 0 heterocycles. The van der Waals surface area contributed by atoms with E-state index in [1.54, 1.807) is 42.5 Å². The van der Waals surface area contributed by atoms with E-state index in [4.69, 9.17) is 17.3 Å². The Morgan fingerprint density at radius 3 is 2.43 bits per heavy atom. The Labute approximate surface area is 126 Å². The van der Waals surface area contributed by atoms with Crippen LogP contribution in [0.4, 0.5) is 10.1 Å². The molecule has 0 aliphatic carbocycles. The van der Waals surface area contributed by atoms with Gasteiger partial charge in [-0.05, 0) is 35.7 Å². The monoisotopic (exact) mass is 299 g/mol. The van der Waals surface area contributed by atoms with Gasteiger partial charge in [-0.25, -0.2) is 4.39 Å². The number of halogens is 2. The highest BCUT2D eigenvalue weighted by Crippen LogP contribution is 2.26. The highest BCUT2D eigenvalue weighted by atomic mass is 35.5. The van der Waals surface area contributed by atoms with Gasteiger partial charge in [0, 0.05) is 27.2 Å². The largest absolute Gasteiger partial charge is 0.399 e. The van der Waals surface area contributed by atoms with E-state index in [1.807, 2.05) is 0 Å². The first-order chi connectivity index (χ1) is 10.1. The third kappa shape index (κ3) is 2.48. The van der Waals surface area contributed by atoms with Crippen LogP contribution in [0.2, 0.25) is 5.02 Å². The molecule has 0 saturated carbocycles. The molecule has 0 spiro atoms. The number of anilines is 1. The zero-order valence-electron chi connectivity index (χ0n) is 10.9. The highest BCUT2D eigenvalue weighted by Gasteiger charge is 2.15. The van der Waals surface area contributed by atoms with Gasteiger partial charge in [0.05, 0.1) is 0 Å². The lowest BCUT2D eigenvalue weighted by Crippen LogP contribution is -2.04. The Balaban J connectivity index is 2.20. The summed E-state index contributed by atoms with van der Waals surface area (Å²) in [6.45, 7) is 0. The summed E-state index contributed by atoms with van der Waals surface area (Å²) in [6, 6.07) is 14.3. The van der Waals surface area contributed by atoms with Crippen molar-refractivity contribution in [2.24, 2.45) is 0 Å². The number of carbonyl (C=O) groups is 1. The van der Waals surface area contributed by atoms with Gasteiger partial charge in [0.1, 0.15) is 5.82 Å². The Bertz CT molecular complexity index is 840. The number of rotatable bonds is 2. The van der Waals surface area contributed by atoms with Crippen molar-refractivity contribution in [3.8, 4) is 0 Å². The third-order valence-electron chi connectivity index (χ3n) is 3.30. The molecular weight excluding hydrogens is 289 g/mol. The number of hydrogen-bond donors (Lipinski definition) is 1. The highest BCUT2D eigenvalue weighted by molar-refractivity contribution is 6.31. The minimum Gasteiger partial charge on any atom is -0.399 e. The van der Waals surface area contributed by atoms with E-state index in [0.717, 1.165) is 0 Å². The summed E-state index contributed by atoms with van der Waals surface area (Å²) in [5, 5.41) is 1.38. The summed E-state index contributed by atoms with van der Waals surface area (Å²) in [4.78, 5) is 12.6. The third-order valence-corrected chi connectivity index (χ3v) is 3.52. The van der Waals surface area contributed by atoms with E-state index < -0.39 is 0 Å². The van der Waals surface area contributed by atoms with Crippen LogP contribution < -0.4 is 5.73 Å². The maximum Gasteiger partial charge on any atom is 0.193 e. The smallest absolute Gasteiger partial charge is 0.193 e. The zero-order valence-corrected chi connectivity index (χ0v) is 11.7. The minimum absolute atomic E-state index is 0.236. The Kier molecular flexibility index (Phi) is 3.35. The summed E-state index contributed by atoms with van der Waals surface area (Å²) >= 11 is 5.93. The molecular formula is C17H11ClFNO. The van der Waals surface area contributed by atoms with Crippen LogP contribution in [-0.2, 0) is 0 Å². The van der Waals surface area contributed by atoms with Crippen LogP contribution in [0, 0.1) is 5.82 Å². The van der Waals surface area contributed by atoms with Gasteiger partial charge >= 0.3 is 0 Å². The molecule has 21 heavy (non-hydrogen) atoms. The molecule has 0 amide bonds. The lowest BCUT2D eigenvalue weighted by atomic mass is 9.97. The second kappa shape index (κ2) is 5.19. The van der Waals surface area contributed by atoms with Crippen molar-refractivity contribution in [2.45, 2.75) is 0 Å². The molecule has 2 nitrogen and oxygen atoms in total. The molecule has 0 atom stereocenters. The molecule has 0 unspecified atom stereocenters. The quantitative estimate of drug-likeness (QED) is 0.561. The number of hydrogen-bond acceptors (Lipinski definition) is 2. The lowest BCUT2D eigenvalue weighted by Gasteiger charge is -2.08. The molecule has 0 aromatic heterocycles. The van der Waals surface area contributed by atoms with Crippen molar-refractivity contribution in [1.82, 2.24) is 0 Å². The molecule has 104 valence electrons. The normalized spacial score (nSPS) is 10.8. The number of benzene rings is 3. The first-order valence-electron chi connectivity index (χ1n) is 6.34. The van der Waals surface area contributed by atoms with E-state index in [9.17, 15) is 9.18 Å². The van der Waals surface area contributed by atoms with Crippen molar-refractivity contribution >= 4 is 33.8 Å². The van der Waals surface area contributed by atoms with Gasteiger partial charge in [0.15, 0.2) is 5.78 Å². The molecule has 3 aromatic carbocycles. The first kappa shape index (κ1) is 13.6. The minimum atomic E-state index is -0.354. The summed E-state index contributed by atoms with van der Waals surface area (Å²) in [6.07, 6.45) is 0. The molecule has 0 bridgehead atoms. The molecule has 0 aliphatic heterocycles. The van der Waals surface area contributed by atoms with Crippen molar-refractivity contribution in [1.29, 1.82) is 0 Å². The average molecular weight is 300 g/mol. The predicted octanol–water partition coefficient (Wildman–Crippen LogP) is 4.45. The molecule has 0 radical (unpaired) electrons. The molecule has 0 aliphatic rings. The van der Waals surface area contributed by atoms with Gasteiger partial charge in [0.25, 0.3) is 0 Å². The SMILES string of the molecule is Nc1cc(Cl)cc(C(=O)c2ccc(F)c3ccccc23)c1. The van der Waals surface area contributed by atoms with Gasteiger partial charge in [-0.3, -0.25) is 4.79 Å². The van der Waals surface area contributed by atoms with E-state index in [2.05, 4.69) is 0 Å². The van der Waals surface area contributed by atoms with Crippen LogP contribution in [0.5, 0.6) is 0 Å². The Hall–Kier alpha value is -2.39. The molecule has 2 N–H and O–H groups in total. The van der Waals surface area contributed by atoms with E-state index in [-0.39, 0.29) is 11.6 Å². The average Bonchev–Trinajstić information content (AvgIpc) is 2.46. The topological polar surface area (TPSA) is 43.1 Å². The van der Waals surface area contributed by atoms with Gasteiger partial charge in [-0.15, -0.1) is 0 Å². The molecule has 3 aromatic rings. The first-order valence-corrected chi connectivity index (χ1v) is 6.72. The van der Waals surface area contributed by atoms with E-state index in [1.165, 1.54) is 12.1 Å². The maximum absolute atomic E-state index is 13.8. The zero-order chi connectivity index (χ0) is 15.0. The van der Waals surface area contributed by atoms with Gasteiger partial charge < -0.3 is 5.73 Å². The molecule has 4 heteroatoms. The fraction of sp³-hybridized carbons (Fsp3) is 0. The van der Waals surface area contributed by atoms with Gasteiger partial charge in [-0.2, -0.15) is 0 Å². The van der Waals surface area contributed by atoms with Crippen LogP contribution in [0.1, 0.15) is 15.9 Å². The second-order valence-corrected chi connectivity index (χ2v) is 5.18. The van der Waals surface area contributed by atoms with Crippen LogP contribution >= 0.6 is 11.6 Å². The van der Waals surface area contributed by atoms with Crippen LogP contribution in [0.25, 0.3) is 10.8 Å². The van der Waals surface area contributed by atoms with Crippen LogP contribution in [0.15, 0.2) is 54.6 Å². The summed E-state index contributed by atoms with van der Waals surface area (Å²) < 4.78 is 13.8. The van der Waals surface area contributed by atoms with E-state index in [0.29, 0.717) is 32.6 Å². The van der Waals surface area contributed by atoms with E-state index >= 15 is 0 Å². The molecule has 3 rings (SSSR count).